The zero-order chi connectivity index (χ0) is 22.1. The van der Waals surface area contributed by atoms with Crippen molar-refractivity contribution in [1.29, 1.82) is 5.26 Å². The molecular formula is C26H17N3O3. The molecule has 0 atom stereocenters. The fraction of sp³-hybridized carbons (Fsp3) is 0.0385. The number of carbonyl (C=O) groups excluding carboxylic acids is 1. The largest absolute Gasteiger partial charge is 0.457 e. The van der Waals surface area contributed by atoms with Crippen LogP contribution in [0.2, 0.25) is 0 Å². The molecule has 0 saturated heterocycles. The molecule has 3 aromatic carbocycles. The van der Waals surface area contributed by atoms with Crippen molar-refractivity contribution in [1.82, 2.24) is 9.38 Å². The first kappa shape index (κ1) is 19.3. The van der Waals surface area contributed by atoms with Crippen LogP contribution < -0.4 is 5.56 Å². The lowest BCUT2D eigenvalue weighted by Gasteiger charge is -2.13. The molecule has 0 amide bonds. The Kier molecular flexibility index (Phi) is 4.77. The molecule has 0 saturated carbocycles. The molecule has 0 fully saturated rings. The summed E-state index contributed by atoms with van der Waals surface area (Å²) >= 11 is 0. The fourth-order valence-corrected chi connectivity index (χ4v) is 3.93. The highest BCUT2D eigenvalue weighted by atomic mass is 16.5. The first-order chi connectivity index (χ1) is 15.7. The number of pyridine rings is 1. The maximum Gasteiger partial charge on any atom is 0.338 e. The summed E-state index contributed by atoms with van der Waals surface area (Å²) in [6, 6.07) is 27.3. The smallest absolute Gasteiger partial charge is 0.338 e. The van der Waals surface area contributed by atoms with E-state index in [0.29, 0.717) is 33.4 Å². The van der Waals surface area contributed by atoms with Gasteiger partial charge < -0.3 is 9.72 Å². The number of nitrogens with one attached hydrogen (secondary N) is 1. The van der Waals surface area contributed by atoms with Crippen molar-refractivity contribution in [3.63, 3.8) is 0 Å². The van der Waals surface area contributed by atoms with Gasteiger partial charge in [0.1, 0.15) is 23.9 Å². The molecule has 0 aliphatic heterocycles. The third kappa shape index (κ3) is 3.13. The zero-order valence-electron chi connectivity index (χ0n) is 16.9. The van der Waals surface area contributed by atoms with Crippen molar-refractivity contribution in [3.8, 4) is 17.2 Å². The van der Waals surface area contributed by atoms with E-state index in [9.17, 15) is 14.9 Å². The molecule has 6 nitrogen and oxygen atoms in total. The van der Waals surface area contributed by atoms with Crippen LogP contribution in [0, 0.1) is 11.3 Å². The van der Waals surface area contributed by atoms with E-state index in [2.05, 4.69) is 11.1 Å². The maximum absolute atomic E-state index is 13.7. The van der Waals surface area contributed by atoms with Crippen LogP contribution in [0.1, 0.15) is 21.5 Å². The summed E-state index contributed by atoms with van der Waals surface area (Å²) in [4.78, 5) is 29.4. The van der Waals surface area contributed by atoms with E-state index >= 15 is 0 Å². The van der Waals surface area contributed by atoms with Crippen LogP contribution in [-0.4, -0.2) is 15.4 Å². The van der Waals surface area contributed by atoms with Crippen molar-refractivity contribution >= 4 is 22.6 Å². The first-order valence-corrected chi connectivity index (χ1v) is 10.0. The van der Waals surface area contributed by atoms with Crippen LogP contribution in [0.4, 0.5) is 0 Å². The van der Waals surface area contributed by atoms with Crippen molar-refractivity contribution in [2.75, 3.05) is 0 Å². The number of para-hydroxylation sites is 2. The number of nitriles is 1. The number of benzene rings is 3. The molecule has 2 heterocycles. The Balaban J connectivity index is 1.75. The Morgan fingerprint density at radius 1 is 0.938 bits per heavy atom. The zero-order valence-corrected chi connectivity index (χ0v) is 16.9. The first-order valence-electron chi connectivity index (χ1n) is 10.0. The van der Waals surface area contributed by atoms with E-state index in [1.54, 1.807) is 24.3 Å². The fourth-order valence-electron chi connectivity index (χ4n) is 3.93. The molecule has 32 heavy (non-hydrogen) atoms. The molecule has 0 aliphatic rings. The number of carbonyl (C=O) groups is 1. The van der Waals surface area contributed by atoms with Gasteiger partial charge in [0.2, 0.25) is 0 Å². The number of nitrogens with zero attached hydrogens (tertiary/aromatic N) is 2. The Bertz CT molecular complexity index is 1560. The molecule has 5 rings (SSSR count). The SMILES string of the molecule is N#Cc1c(COC(=O)c2ccccc2)c(-c2ccccc2)c(=O)n2c1[nH]c1ccccc12. The Morgan fingerprint density at radius 2 is 1.59 bits per heavy atom. The second kappa shape index (κ2) is 7.89. The van der Waals surface area contributed by atoms with Gasteiger partial charge in [0.15, 0.2) is 0 Å². The number of aromatic amines is 1. The minimum atomic E-state index is -0.523. The van der Waals surface area contributed by atoms with Crippen LogP contribution in [-0.2, 0) is 11.3 Å². The molecule has 2 aromatic heterocycles. The van der Waals surface area contributed by atoms with E-state index in [0.717, 1.165) is 5.52 Å². The molecule has 5 aromatic rings. The van der Waals surface area contributed by atoms with Gasteiger partial charge in [-0.1, -0.05) is 60.7 Å². The summed E-state index contributed by atoms with van der Waals surface area (Å²) < 4.78 is 7.06. The summed E-state index contributed by atoms with van der Waals surface area (Å²) in [6.45, 7) is -0.206. The maximum atomic E-state index is 13.7. The minimum Gasteiger partial charge on any atom is -0.457 e. The van der Waals surface area contributed by atoms with Crippen LogP contribution in [0.5, 0.6) is 0 Å². The van der Waals surface area contributed by atoms with E-state index in [1.165, 1.54) is 4.40 Å². The summed E-state index contributed by atoms with van der Waals surface area (Å²) in [5.41, 5.74) is 3.53. The van der Waals surface area contributed by atoms with Crippen molar-refractivity contribution in [3.05, 3.63) is 112 Å². The van der Waals surface area contributed by atoms with Crippen LogP contribution in [0.15, 0.2) is 89.7 Å². The summed E-state index contributed by atoms with van der Waals surface area (Å²) in [6.07, 6.45) is 0. The van der Waals surface area contributed by atoms with Gasteiger partial charge in [-0.3, -0.25) is 9.20 Å². The van der Waals surface area contributed by atoms with Crippen molar-refractivity contribution < 1.29 is 9.53 Å². The lowest BCUT2D eigenvalue weighted by Crippen LogP contribution is -2.20. The highest BCUT2D eigenvalue weighted by Gasteiger charge is 2.23. The van der Waals surface area contributed by atoms with Crippen molar-refractivity contribution in [2.24, 2.45) is 0 Å². The quantitative estimate of drug-likeness (QED) is 0.429. The number of fused-ring (bicyclic) bond motifs is 3. The topological polar surface area (TPSA) is 87.4 Å². The summed E-state index contributed by atoms with van der Waals surface area (Å²) in [5.74, 6) is -0.523. The summed E-state index contributed by atoms with van der Waals surface area (Å²) in [7, 11) is 0. The van der Waals surface area contributed by atoms with Gasteiger partial charge in [0.05, 0.1) is 22.2 Å². The third-order valence-electron chi connectivity index (χ3n) is 5.41. The Hall–Kier alpha value is -4.63. The highest BCUT2D eigenvalue weighted by molar-refractivity contribution is 5.90. The van der Waals surface area contributed by atoms with Gasteiger partial charge in [0.25, 0.3) is 5.56 Å². The van der Waals surface area contributed by atoms with E-state index in [4.69, 9.17) is 4.74 Å². The van der Waals surface area contributed by atoms with Gasteiger partial charge in [-0.2, -0.15) is 5.26 Å². The highest BCUT2D eigenvalue weighted by Crippen LogP contribution is 2.28. The van der Waals surface area contributed by atoms with Crippen LogP contribution >= 0.6 is 0 Å². The average Bonchev–Trinajstić information content (AvgIpc) is 3.23. The standard InChI is InChI=1S/C26H17N3O3/c27-15-19-20(16-32-26(31)18-11-5-2-6-12-18)23(17-9-3-1-4-10-17)25(30)29-22-14-8-7-13-21(22)28-24(19)29/h1-14,28H,16H2. The lowest BCUT2D eigenvalue weighted by molar-refractivity contribution is 0.0473. The molecule has 0 radical (unpaired) electrons. The number of esters is 1. The number of hydrogen-bond donors (Lipinski definition) is 1. The predicted octanol–water partition coefficient (Wildman–Crippen LogP) is 4.68. The molecule has 1 N–H and O–H groups in total. The number of hydrogen-bond acceptors (Lipinski definition) is 4. The van der Waals surface area contributed by atoms with Crippen molar-refractivity contribution in [2.45, 2.75) is 6.61 Å². The van der Waals surface area contributed by atoms with E-state index in [-0.39, 0.29) is 17.7 Å². The van der Waals surface area contributed by atoms with Crippen LogP contribution in [0.3, 0.4) is 0 Å². The van der Waals surface area contributed by atoms with Gasteiger partial charge >= 0.3 is 5.97 Å². The minimum absolute atomic E-state index is 0.206. The monoisotopic (exact) mass is 419 g/mol. The molecule has 6 heteroatoms. The summed E-state index contributed by atoms with van der Waals surface area (Å²) in [5, 5.41) is 10.1. The number of rotatable bonds is 4. The van der Waals surface area contributed by atoms with Gasteiger partial charge in [-0.25, -0.2) is 4.79 Å². The van der Waals surface area contributed by atoms with E-state index in [1.807, 2.05) is 60.7 Å². The van der Waals surface area contributed by atoms with Gasteiger partial charge in [0, 0.05) is 5.56 Å². The van der Waals surface area contributed by atoms with Gasteiger partial charge in [-0.05, 0) is 29.8 Å². The van der Waals surface area contributed by atoms with Crippen LogP contribution in [0.25, 0.3) is 27.8 Å². The number of aromatic nitrogens is 2. The Morgan fingerprint density at radius 3 is 2.31 bits per heavy atom. The predicted molar refractivity (Wildman–Crippen MR) is 121 cm³/mol. The molecular weight excluding hydrogens is 402 g/mol. The number of ether oxygens (including phenoxy) is 1. The normalized spacial score (nSPS) is 10.8. The molecule has 154 valence electrons. The van der Waals surface area contributed by atoms with Gasteiger partial charge in [-0.15, -0.1) is 0 Å². The number of H-pyrrole nitrogens is 1. The third-order valence-corrected chi connectivity index (χ3v) is 5.41. The second-order valence-electron chi connectivity index (χ2n) is 7.28. The molecule has 0 spiro atoms. The average molecular weight is 419 g/mol. The lowest BCUT2D eigenvalue weighted by atomic mass is 9.98. The second-order valence-corrected chi connectivity index (χ2v) is 7.28. The van der Waals surface area contributed by atoms with E-state index < -0.39 is 5.97 Å². The Labute approximate surface area is 182 Å². The number of imidazole rings is 1. The molecule has 0 bridgehead atoms. The molecule has 0 aliphatic carbocycles. The molecule has 0 unspecified atom stereocenters.